The van der Waals surface area contributed by atoms with Gasteiger partial charge in [-0.3, -0.25) is 9.13 Å². The van der Waals surface area contributed by atoms with Crippen molar-refractivity contribution in [2.45, 2.75) is 53.2 Å². The van der Waals surface area contributed by atoms with Crippen molar-refractivity contribution in [2.24, 2.45) is 5.92 Å². The van der Waals surface area contributed by atoms with Crippen LogP contribution in [-0.4, -0.2) is 93.7 Å². The summed E-state index contributed by atoms with van der Waals surface area (Å²) in [5.74, 6) is -0.908. The molecular formula is C18H22N4O10S2. The molecule has 0 aromatic carbocycles. The molecule has 4 rings (SSSR count). The smallest absolute Gasteiger partial charge is 0.350 e. The lowest BCUT2D eigenvalue weighted by molar-refractivity contribution is -0.142. The molecule has 0 bridgehead atoms. The normalized spacial score (nSPS) is 33.5. The molecule has 8 atom stereocenters. The van der Waals surface area contributed by atoms with Crippen molar-refractivity contribution >= 4 is 21.6 Å². The maximum absolute atomic E-state index is 12.4. The highest BCUT2D eigenvalue weighted by Crippen LogP contribution is 2.36. The minimum absolute atomic E-state index is 0.273. The van der Waals surface area contributed by atoms with Gasteiger partial charge in [-0.2, -0.15) is 9.97 Å². The molecule has 6 N–H and O–H groups in total. The van der Waals surface area contributed by atoms with Crippen LogP contribution in [0.3, 0.4) is 0 Å². The molecule has 8 unspecified atom stereocenters. The monoisotopic (exact) mass is 518 g/mol. The molecule has 4 heterocycles. The van der Waals surface area contributed by atoms with Gasteiger partial charge in [0.25, 0.3) is 0 Å². The Hall–Kier alpha value is -1.86. The van der Waals surface area contributed by atoms with Crippen LogP contribution < -0.4 is 11.4 Å². The molecule has 186 valence electrons. The Balaban J connectivity index is 1.43. The summed E-state index contributed by atoms with van der Waals surface area (Å²) in [4.78, 5) is 32.6. The Kier molecular flexibility index (Phi) is 7.72. The summed E-state index contributed by atoms with van der Waals surface area (Å²) in [5.41, 5.74) is -1.49. The van der Waals surface area contributed by atoms with Gasteiger partial charge in [0.1, 0.15) is 40.7 Å². The zero-order valence-electron chi connectivity index (χ0n) is 17.3. The van der Waals surface area contributed by atoms with E-state index in [0.29, 0.717) is 0 Å². The van der Waals surface area contributed by atoms with E-state index in [1.807, 2.05) is 0 Å². The molecule has 0 amide bonds. The second kappa shape index (κ2) is 10.4. The molecule has 14 nitrogen and oxygen atoms in total. The van der Waals surface area contributed by atoms with Crippen molar-refractivity contribution < 1.29 is 40.1 Å². The molecule has 0 radical (unpaired) electrons. The van der Waals surface area contributed by atoms with E-state index in [4.69, 9.17) is 9.47 Å². The van der Waals surface area contributed by atoms with Crippen LogP contribution in [0.4, 0.5) is 0 Å². The van der Waals surface area contributed by atoms with Crippen molar-refractivity contribution in [1.82, 2.24) is 19.1 Å². The van der Waals surface area contributed by atoms with Crippen LogP contribution >= 0.6 is 21.6 Å². The van der Waals surface area contributed by atoms with E-state index in [1.54, 1.807) is 0 Å². The molecule has 0 spiro atoms. The average Bonchev–Trinajstić information content (AvgIpc) is 3.27. The van der Waals surface area contributed by atoms with Gasteiger partial charge in [-0.25, -0.2) is 9.59 Å². The molecule has 2 aliphatic heterocycles. The Bertz CT molecular complexity index is 1130. The number of aliphatic hydroxyl groups is 6. The molecule has 16 heteroatoms. The molecule has 34 heavy (non-hydrogen) atoms. The molecule has 2 fully saturated rings. The van der Waals surface area contributed by atoms with Gasteiger partial charge in [-0.05, 0) is 33.7 Å². The van der Waals surface area contributed by atoms with Crippen molar-refractivity contribution in [2.75, 3.05) is 13.2 Å². The van der Waals surface area contributed by atoms with E-state index in [0.717, 1.165) is 30.7 Å². The van der Waals surface area contributed by atoms with Gasteiger partial charge in [0, 0.05) is 12.4 Å². The van der Waals surface area contributed by atoms with E-state index in [1.165, 1.54) is 24.5 Å². The highest BCUT2D eigenvalue weighted by atomic mass is 33.1. The van der Waals surface area contributed by atoms with Crippen LogP contribution in [0.2, 0.25) is 0 Å². The SMILES string of the molecule is O=c1nc(SSc2ccn(C3OC(O)C(O)C3CO)c(=O)n2)ccn1C1OC(CO)C(O)C1O. The van der Waals surface area contributed by atoms with E-state index in [9.17, 15) is 40.2 Å². The second-order valence-corrected chi connectivity index (χ2v) is 9.73. The first-order valence-corrected chi connectivity index (χ1v) is 12.2. The molecule has 0 saturated carbocycles. The minimum atomic E-state index is -1.54. The van der Waals surface area contributed by atoms with Crippen molar-refractivity contribution in [3.8, 4) is 0 Å². The van der Waals surface area contributed by atoms with Crippen molar-refractivity contribution in [3.63, 3.8) is 0 Å². The van der Waals surface area contributed by atoms with Crippen LogP contribution in [0.25, 0.3) is 0 Å². The quantitative estimate of drug-likeness (QED) is 0.160. The Morgan fingerprint density at radius 1 is 0.794 bits per heavy atom. The summed E-state index contributed by atoms with van der Waals surface area (Å²) in [6.07, 6.45) is -6.31. The van der Waals surface area contributed by atoms with E-state index < -0.39 is 73.7 Å². The van der Waals surface area contributed by atoms with Gasteiger partial charge in [0.15, 0.2) is 12.5 Å². The summed E-state index contributed by atoms with van der Waals surface area (Å²) >= 11 is 0. The van der Waals surface area contributed by atoms with Gasteiger partial charge in [0.2, 0.25) is 0 Å². The zero-order valence-corrected chi connectivity index (χ0v) is 18.9. The fourth-order valence-electron chi connectivity index (χ4n) is 3.64. The van der Waals surface area contributed by atoms with E-state index in [2.05, 4.69) is 9.97 Å². The number of aliphatic hydroxyl groups excluding tert-OH is 6. The Morgan fingerprint density at radius 2 is 1.35 bits per heavy atom. The number of rotatable bonds is 7. The van der Waals surface area contributed by atoms with Gasteiger partial charge in [-0.1, -0.05) is 0 Å². The molecule has 2 aromatic heterocycles. The first-order chi connectivity index (χ1) is 16.2. The zero-order chi connectivity index (χ0) is 24.6. The largest absolute Gasteiger partial charge is 0.396 e. The summed E-state index contributed by atoms with van der Waals surface area (Å²) in [5, 5.41) is 58.6. The van der Waals surface area contributed by atoms with Gasteiger partial charge < -0.3 is 40.1 Å². The predicted molar refractivity (Wildman–Crippen MR) is 114 cm³/mol. The van der Waals surface area contributed by atoms with Crippen molar-refractivity contribution in [3.05, 3.63) is 45.5 Å². The van der Waals surface area contributed by atoms with Crippen molar-refractivity contribution in [1.29, 1.82) is 0 Å². The highest BCUT2D eigenvalue weighted by Gasteiger charge is 2.44. The fourth-order valence-corrected chi connectivity index (χ4v) is 5.35. The maximum Gasteiger partial charge on any atom is 0.350 e. The highest BCUT2D eigenvalue weighted by molar-refractivity contribution is 8.76. The molecular weight excluding hydrogens is 496 g/mol. The molecule has 2 saturated heterocycles. The number of aromatic nitrogens is 4. The second-order valence-electron chi connectivity index (χ2n) is 7.56. The Morgan fingerprint density at radius 3 is 1.82 bits per heavy atom. The third kappa shape index (κ3) is 4.78. The van der Waals surface area contributed by atoms with E-state index >= 15 is 0 Å². The first-order valence-electron chi connectivity index (χ1n) is 10.0. The van der Waals surface area contributed by atoms with Crippen LogP contribution in [0, 0.1) is 5.92 Å². The summed E-state index contributed by atoms with van der Waals surface area (Å²) < 4.78 is 12.5. The van der Waals surface area contributed by atoms with E-state index in [-0.39, 0.29) is 10.1 Å². The molecule has 2 aromatic rings. The summed E-state index contributed by atoms with van der Waals surface area (Å²) in [6, 6.07) is 2.95. The third-order valence-corrected chi connectivity index (χ3v) is 7.63. The average molecular weight is 519 g/mol. The van der Waals surface area contributed by atoms with Crippen LogP contribution in [-0.2, 0) is 9.47 Å². The van der Waals surface area contributed by atoms with Gasteiger partial charge in [0.05, 0.1) is 19.1 Å². The number of hydrogen-bond acceptors (Lipinski definition) is 14. The topological polar surface area (TPSA) is 210 Å². The minimum Gasteiger partial charge on any atom is -0.396 e. The number of hydrogen-bond donors (Lipinski definition) is 6. The Labute approximate surface area is 198 Å². The fraction of sp³-hybridized carbons (Fsp3) is 0.556. The predicted octanol–water partition coefficient (Wildman–Crippen LogP) is -2.97. The lowest BCUT2D eigenvalue weighted by Gasteiger charge is -2.19. The molecule has 2 aliphatic rings. The van der Waals surface area contributed by atoms with Crippen LogP contribution in [0.15, 0.2) is 44.2 Å². The summed E-state index contributed by atoms with van der Waals surface area (Å²) in [6.45, 7) is -1.04. The molecule has 0 aliphatic carbocycles. The van der Waals surface area contributed by atoms with Crippen LogP contribution in [0.5, 0.6) is 0 Å². The van der Waals surface area contributed by atoms with Gasteiger partial charge >= 0.3 is 11.4 Å². The number of ether oxygens (including phenoxy) is 2. The van der Waals surface area contributed by atoms with Crippen LogP contribution in [0.1, 0.15) is 12.5 Å². The standard InChI is InChI=1S/C18H22N4O10S2/c23-5-7-11(25)16(28)32-14(7)21-3-1-9(19-17(21)29)33-34-10-2-4-22(18(30)20-10)15-13(27)12(26)8(6-24)31-15/h1-4,7-8,11-16,23-28H,5-6H2. The lowest BCUT2D eigenvalue weighted by atomic mass is 10.0. The summed E-state index contributed by atoms with van der Waals surface area (Å²) in [7, 11) is 2.07. The van der Waals surface area contributed by atoms with Gasteiger partial charge in [-0.15, -0.1) is 0 Å². The lowest BCUT2D eigenvalue weighted by Crippen LogP contribution is -2.35. The maximum atomic E-state index is 12.4. The first kappa shape index (κ1) is 25.2. The number of nitrogens with zero attached hydrogens (tertiary/aromatic N) is 4. The third-order valence-electron chi connectivity index (χ3n) is 5.47.